The Morgan fingerprint density at radius 1 is 1.28 bits per heavy atom. The van der Waals surface area contributed by atoms with Crippen LogP contribution in [0.2, 0.25) is 0 Å². The van der Waals surface area contributed by atoms with Gasteiger partial charge in [0.1, 0.15) is 15.5 Å². The minimum absolute atomic E-state index is 0.0676. The topological polar surface area (TPSA) is 85.8 Å². The van der Waals surface area contributed by atoms with Gasteiger partial charge in [-0.05, 0) is 29.7 Å². The van der Waals surface area contributed by atoms with Gasteiger partial charge in [0.2, 0.25) is 0 Å². The summed E-state index contributed by atoms with van der Waals surface area (Å²) in [6, 6.07) is 7.24. The van der Waals surface area contributed by atoms with Gasteiger partial charge >= 0.3 is 0 Å². The van der Waals surface area contributed by atoms with E-state index in [1.165, 1.54) is 29.7 Å². The molecule has 0 aliphatic heterocycles. The predicted octanol–water partition coefficient (Wildman–Crippen LogP) is 4.34. The first-order chi connectivity index (χ1) is 11.6. The fraction of sp³-hybridized carbons (Fsp3) is 0.235. The molecule has 0 saturated heterocycles. The van der Waals surface area contributed by atoms with Crippen LogP contribution in [0.4, 0.5) is 10.1 Å². The van der Waals surface area contributed by atoms with E-state index in [2.05, 4.69) is 30.5 Å². The van der Waals surface area contributed by atoms with E-state index in [1.807, 2.05) is 6.07 Å². The molecule has 0 spiro atoms. The molecular weight excluding hydrogens is 361 g/mol. The maximum absolute atomic E-state index is 14.0. The van der Waals surface area contributed by atoms with Crippen molar-refractivity contribution in [2.45, 2.75) is 31.1 Å². The van der Waals surface area contributed by atoms with Crippen LogP contribution < -0.4 is 4.72 Å². The molecule has 0 fully saturated rings. The van der Waals surface area contributed by atoms with Crippen molar-refractivity contribution in [3.63, 3.8) is 0 Å². The van der Waals surface area contributed by atoms with E-state index in [1.54, 1.807) is 6.07 Å². The average Bonchev–Trinajstić information content (AvgIpc) is 3.08. The highest BCUT2D eigenvalue weighted by molar-refractivity contribution is 7.93. The summed E-state index contributed by atoms with van der Waals surface area (Å²) in [6.07, 6.45) is 1.40. The van der Waals surface area contributed by atoms with Crippen LogP contribution in [0.15, 0.2) is 35.4 Å². The maximum atomic E-state index is 14.0. The standard InChI is InChI=1S/C17H16FN3O2S2/c1-17(2,3)15-7-11-14(9-20-16(11)24-15)25(22,23)21-13-5-4-10(8-19)6-12(13)18/h4-7,9,20-21H,1-3H3. The first-order valence-corrected chi connectivity index (χ1v) is 9.75. The Balaban J connectivity index is 2.02. The molecule has 8 heteroatoms. The molecule has 25 heavy (non-hydrogen) atoms. The summed E-state index contributed by atoms with van der Waals surface area (Å²) in [6.45, 7) is 6.16. The molecule has 0 radical (unpaired) electrons. The third kappa shape index (κ3) is 3.25. The Morgan fingerprint density at radius 2 is 2.00 bits per heavy atom. The number of halogens is 1. The van der Waals surface area contributed by atoms with Gasteiger partial charge in [0.25, 0.3) is 10.0 Å². The van der Waals surface area contributed by atoms with E-state index < -0.39 is 15.8 Å². The zero-order valence-electron chi connectivity index (χ0n) is 13.8. The zero-order chi connectivity index (χ0) is 18.4. The molecule has 2 aromatic heterocycles. The SMILES string of the molecule is CC(C)(C)c1cc2c(S(=O)(=O)Nc3ccc(C#N)cc3F)c[nH]c2s1. The van der Waals surface area contributed by atoms with Gasteiger partial charge in [-0.2, -0.15) is 5.26 Å². The number of nitrogens with zero attached hydrogens (tertiary/aromatic N) is 1. The molecule has 2 N–H and O–H groups in total. The van der Waals surface area contributed by atoms with Crippen LogP contribution in [0.1, 0.15) is 31.2 Å². The lowest BCUT2D eigenvalue weighted by Gasteiger charge is -2.15. The van der Waals surface area contributed by atoms with E-state index in [-0.39, 0.29) is 21.6 Å². The Morgan fingerprint density at radius 3 is 2.60 bits per heavy atom. The van der Waals surface area contributed by atoms with Crippen LogP contribution in [0.3, 0.4) is 0 Å². The summed E-state index contributed by atoms with van der Waals surface area (Å²) >= 11 is 1.50. The third-order valence-corrected chi connectivity index (χ3v) is 6.60. The monoisotopic (exact) mass is 377 g/mol. The number of rotatable bonds is 3. The molecule has 0 atom stereocenters. The highest BCUT2D eigenvalue weighted by Crippen LogP contribution is 2.37. The summed E-state index contributed by atoms with van der Waals surface area (Å²) in [5.74, 6) is -0.796. The number of fused-ring (bicyclic) bond motifs is 1. The van der Waals surface area contributed by atoms with E-state index in [9.17, 15) is 12.8 Å². The van der Waals surface area contributed by atoms with Crippen molar-refractivity contribution in [1.29, 1.82) is 5.26 Å². The largest absolute Gasteiger partial charge is 0.352 e. The quantitative estimate of drug-likeness (QED) is 0.712. The van der Waals surface area contributed by atoms with Gasteiger partial charge < -0.3 is 4.98 Å². The minimum atomic E-state index is -3.97. The van der Waals surface area contributed by atoms with Crippen molar-refractivity contribution in [3.8, 4) is 6.07 Å². The maximum Gasteiger partial charge on any atom is 0.264 e. The van der Waals surface area contributed by atoms with Gasteiger partial charge in [-0.3, -0.25) is 4.72 Å². The van der Waals surface area contributed by atoms with Gasteiger partial charge in [0.15, 0.2) is 0 Å². The minimum Gasteiger partial charge on any atom is -0.352 e. The van der Waals surface area contributed by atoms with Crippen LogP contribution in [0.5, 0.6) is 0 Å². The molecule has 5 nitrogen and oxygen atoms in total. The molecule has 0 aliphatic rings. The third-order valence-electron chi connectivity index (χ3n) is 3.70. The molecule has 2 heterocycles. The molecule has 1 aromatic carbocycles. The van der Waals surface area contributed by atoms with Gasteiger partial charge in [-0.1, -0.05) is 20.8 Å². The molecule has 3 aromatic rings. The molecular formula is C17H16FN3O2S2. The summed E-state index contributed by atoms with van der Waals surface area (Å²) < 4.78 is 41.6. The van der Waals surface area contributed by atoms with Gasteiger partial charge in [-0.25, -0.2) is 12.8 Å². The van der Waals surface area contributed by atoms with Crippen LogP contribution in [0.25, 0.3) is 10.2 Å². The van der Waals surface area contributed by atoms with E-state index in [0.717, 1.165) is 15.8 Å². The highest BCUT2D eigenvalue weighted by Gasteiger charge is 2.25. The number of anilines is 1. The lowest BCUT2D eigenvalue weighted by atomic mass is 9.94. The predicted molar refractivity (Wildman–Crippen MR) is 96.8 cm³/mol. The molecule has 0 bridgehead atoms. The van der Waals surface area contributed by atoms with Gasteiger partial charge in [0.05, 0.1) is 17.3 Å². The number of hydrogen-bond acceptors (Lipinski definition) is 4. The first-order valence-electron chi connectivity index (χ1n) is 7.46. The number of nitrogens with one attached hydrogen (secondary N) is 2. The lowest BCUT2D eigenvalue weighted by molar-refractivity contribution is 0.598. The summed E-state index contributed by atoms with van der Waals surface area (Å²) in [5.41, 5.74) is -0.171. The van der Waals surface area contributed by atoms with Gasteiger partial charge in [-0.15, -0.1) is 11.3 Å². The average molecular weight is 377 g/mol. The Labute approximate surface area is 149 Å². The number of benzene rings is 1. The van der Waals surface area contributed by atoms with Crippen molar-refractivity contribution in [2.24, 2.45) is 0 Å². The number of thiophene rings is 1. The van der Waals surface area contributed by atoms with Crippen molar-refractivity contribution in [1.82, 2.24) is 4.98 Å². The Hall–Kier alpha value is -2.37. The number of aromatic nitrogens is 1. The van der Waals surface area contributed by atoms with Crippen molar-refractivity contribution in [3.05, 3.63) is 46.7 Å². The molecule has 3 rings (SSSR count). The Kier molecular flexibility index (Phi) is 4.09. The van der Waals surface area contributed by atoms with Crippen LogP contribution in [-0.2, 0) is 15.4 Å². The van der Waals surface area contributed by atoms with Gasteiger partial charge in [0, 0.05) is 16.5 Å². The Bertz CT molecular complexity index is 1100. The van der Waals surface area contributed by atoms with Crippen LogP contribution in [0, 0.1) is 17.1 Å². The number of sulfonamides is 1. The smallest absolute Gasteiger partial charge is 0.264 e. The van der Waals surface area contributed by atoms with E-state index >= 15 is 0 Å². The molecule has 0 unspecified atom stereocenters. The molecule has 130 valence electrons. The van der Waals surface area contributed by atoms with Crippen molar-refractivity contribution in [2.75, 3.05) is 4.72 Å². The number of H-pyrrole nitrogens is 1. The fourth-order valence-electron chi connectivity index (χ4n) is 2.35. The molecule has 0 saturated carbocycles. The number of hydrogen-bond donors (Lipinski definition) is 2. The second kappa shape index (κ2) is 5.86. The summed E-state index contributed by atoms with van der Waals surface area (Å²) in [4.78, 5) is 4.84. The molecule has 0 amide bonds. The summed E-state index contributed by atoms with van der Waals surface area (Å²) in [7, 11) is -3.97. The van der Waals surface area contributed by atoms with Crippen LogP contribution in [-0.4, -0.2) is 13.4 Å². The lowest BCUT2D eigenvalue weighted by Crippen LogP contribution is -2.13. The van der Waals surface area contributed by atoms with Crippen molar-refractivity contribution < 1.29 is 12.8 Å². The van der Waals surface area contributed by atoms with E-state index in [0.29, 0.717) is 5.39 Å². The van der Waals surface area contributed by atoms with E-state index in [4.69, 9.17) is 5.26 Å². The number of nitriles is 1. The number of aromatic amines is 1. The first kappa shape index (κ1) is 17.5. The van der Waals surface area contributed by atoms with Crippen molar-refractivity contribution >= 4 is 37.3 Å². The molecule has 0 aliphatic carbocycles. The normalized spacial score (nSPS) is 12.3. The fourth-order valence-corrected chi connectivity index (χ4v) is 4.74. The zero-order valence-corrected chi connectivity index (χ0v) is 15.5. The van der Waals surface area contributed by atoms with Crippen LogP contribution >= 0.6 is 11.3 Å². The second-order valence-corrected chi connectivity index (χ2v) is 9.37. The highest BCUT2D eigenvalue weighted by atomic mass is 32.2. The summed E-state index contributed by atoms with van der Waals surface area (Å²) in [5, 5.41) is 9.34. The second-order valence-electron chi connectivity index (χ2n) is 6.67.